The first kappa shape index (κ1) is 35.6. The summed E-state index contributed by atoms with van der Waals surface area (Å²) >= 11 is 0. The number of aryl methyl sites for hydroxylation is 1. The molecule has 2 amide bonds. The first-order valence-corrected chi connectivity index (χ1v) is 18.4. The molecule has 274 valence electrons. The number of halogens is 1. The van der Waals surface area contributed by atoms with Crippen LogP contribution in [0, 0.1) is 17.7 Å². The van der Waals surface area contributed by atoms with Crippen molar-refractivity contribution in [3.8, 4) is 17.0 Å². The van der Waals surface area contributed by atoms with Gasteiger partial charge in [-0.05, 0) is 77.5 Å². The predicted octanol–water partition coefficient (Wildman–Crippen LogP) is 6.53. The Labute approximate surface area is 302 Å². The molecular formula is C41H46FN3O7. The van der Waals surface area contributed by atoms with E-state index < -0.39 is 52.4 Å². The van der Waals surface area contributed by atoms with Gasteiger partial charge in [-0.3, -0.25) is 14.4 Å². The molecule has 3 aromatic rings. The fourth-order valence-electron chi connectivity index (χ4n) is 8.23. The Bertz CT molecular complexity index is 1960. The number of carboxylic acid groups (broad SMARTS) is 1. The van der Waals surface area contributed by atoms with Crippen molar-refractivity contribution in [2.24, 2.45) is 11.8 Å². The standard InChI is InChI=1S/C41H46FN3O7/c1-39(2,3)51-33(46)21-26-12-7-5-4-6-8-14-27-22-41(27,38(49)50)44-36(47)32-23-40(24-45(32)37(26)48)19-18-30-29-16-9-10-17-31(29)43-34(35(30)52-40)25-13-11-15-28(42)20-25/h8-11,13-17,20,26-27,32H,4-7,12,18-19,21-24H2,1-3H3,(H,44,47)(H,49,50)/b14-8-/t26-,27-,32+,40-,41-/m1/s1. The molecule has 52 heavy (non-hydrogen) atoms. The van der Waals surface area contributed by atoms with Gasteiger partial charge in [-0.2, -0.15) is 0 Å². The number of rotatable bonds is 4. The Morgan fingerprint density at radius 3 is 2.67 bits per heavy atom. The van der Waals surface area contributed by atoms with Crippen LogP contribution < -0.4 is 10.1 Å². The summed E-state index contributed by atoms with van der Waals surface area (Å²) in [4.78, 5) is 61.2. The van der Waals surface area contributed by atoms with E-state index in [-0.39, 0.29) is 37.6 Å². The molecule has 2 fully saturated rings. The number of para-hydroxylation sites is 1. The number of aliphatic carboxylic acids is 1. The summed E-state index contributed by atoms with van der Waals surface area (Å²) in [6.45, 7) is 5.38. The molecule has 0 radical (unpaired) electrons. The van der Waals surface area contributed by atoms with Crippen LogP contribution >= 0.6 is 0 Å². The number of pyridine rings is 1. The first-order valence-electron chi connectivity index (χ1n) is 18.4. The molecular weight excluding hydrogens is 665 g/mol. The van der Waals surface area contributed by atoms with Crippen LogP contribution in [-0.4, -0.2) is 68.1 Å². The predicted molar refractivity (Wildman–Crippen MR) is 192 cm³/mol. The number of amides is 2. The number of hydrogen-bond donors (Lipinski definition) is 2. The van der Waals surface area contributed by atoms with Crippen LogP contribution in [0.2, 0.25) is 0 Å². The maximum Gasteiger partial charge on any atom is 0.330 e. The van der Waals surface area contributed by atoms with Crippen LogP contribution in [0.1, 0.15) is 84.1 Å². The smallest absolute Gasteiger partial charge is 0.330 e. The van der Waals surface area contributed by atoms with Crippen molar-refractivity contribution in [3.63, 3.8) is 0 Å². The monoisotopic (exact) mass is 711 g/mol. The molecule has 2 N–H and O–H groups in total. The van der Waals surface area contributed by atoms with Gasteiger partial charge >= 0.3 is 11.9 Å². The van der Waals surface area contributed by atoms with Gasteiger partial charge in [-0.25, -0.2) is 14.2 Å². The van der Waals surface area contributed by atoms with Gasteiger partial charge in [0, 0.05) is 34.8 Å². The molecule has 5 atom stereocenters. The van der Waals surface area contributed by atoms with E-state index in [1.807, 2.05) is 36.4 Å². The van der Waals surface area contributed by atoms with E-state index in [9.17, 15) is 28.7 Å². The van der Waals surface area contributed by atoms with E-state index in [0.29, 0.717) is 42.7 Å². The summed E-state index contributed by atoms with van der Waals surface area (Å²) in [5.41, 5.74) is -0.567. The van der Waals surface area contributed by atoms with Gasteiger partial charge in [0.05, 0.1) is 18.5 Å². The largest absolute Gasteiger partial charge is 0.483 e. The summed E-state index contributed by atoms with van der Waals surface area (Å²) in [6.07, 6.45) is 8.66. The molecule has 1 spiro atoms. The second-order valence-electron chi connectivity index (χ2n) is 15.9. The normalized spacial score (nSPS) is 28.4. The number of fused-ring (bicyclic) bond motifs is 5. The molecule has 0 unspecified atom stereocenters. The highest BCUT2D eigenvalue weighted by atomic mass is 19.1. The van der Waals surface area contributed by atoms with E-state index in [0.717, 1.165) is 35.7 Å². The van der Waals surface area contributed by atoms with Gasteiger partial charge in [0.1, 0.15) is 40.0 Å². The third-order valence-corrected chi connectivity index (χ3v) is 10.9. The summed E-state index contributed by atoms with van der Waals surface area (Å²) in [5, 5.41) is 14.0. The fraction of sp³-hybridized carbons (Fsp3) is 0.488. The van der Waals surface area contributed by atoms with Crippen LogP contribution in [0.25, 0.3) is 22.2 Å². The molecule has 1 aliphatic carbocycles. The van der Waals surface area contributed by atoms with E-state index in [1.54, 1.807) is 32.9 Å². The number of carbonyl (C=O) groups is 4. The lowest BCUT2D eigenvalue weighted by molar-refractivity contribution is -0.159. The zero-order chi connectivity index (χ0) is 36.8. The zero-order valence-electron chi connectivity index (χ0n) is 30.0. The third-order valence-electron chi connectivity index (χ3n) is 10.9. The Morgan fingerprint density at radius 2 is 1.90 bits per heavy atom. The molecule has 10 nitrogen and oxygen atoms in total. The third kappa shape index (κ3) is 7.01. The molecule has 11 heteroatoms. The lowest BCUT2D eigenvalue weighted by atomic mass is 9.86. The highest BCUT2D eigenvalue weighted by molar-refractivity contribution is 5.96. The number of nitrogens with one attached hydrogen (secondary N) is 1. The minimum atomic E-state index is -1.46. The van der Waals surface area contributed by atoms with Crippen LogP contribution in [-0.2, 0) is 30.3 Å². The summed E-state index contributed by atoms with van der Waals surface area (Å²) in [6, 6.07) is 12.8. The van der Waals surface area contributed by atoms with Crippen molar-refractivity contribution in [2.75, 3.05) is 6.54 Å². The molecule has 4 aliphatic rings. The lowest BCUT2D eigenvalue weighted by Crippen LogP contribution is -2.53. The zero-order valence-corrected chi connectivity index (χ0v) is 30.0. The minimum Gasteiger partial charge on any atom is -0.483 e. The summed E-state index contributed by atoms with van der Waals surface area (Å²) in [5.74, 6) is -3.57. The van der Waals surface area contributed by atoms with Gasteiger partial charge < -0.3 is 24.8 Å². The maximum atomic E-state index is 14.7. The Morgan fingerprint density at radius 1 is 1.10 bits per heavy atom. The quantitative estimate of drug-likeness (QED) is 0.230. The number of benzene rings is 2. The number of hydrogen-bond acceptors (Lipinski definition) is 7. The van der Waals surface area contributed by atoms with Crippen molar-refractivity contribution < 1.29 is 38.1 Å². The van der Waals surface area contributed by atoms with Crippen molar-refractivity contribution in [2.45, 2.75) is 108 Å². The van der Waals surface area contributed by atoms with Crippen LogP contribution in [0.3, 0.4) is 0 Å². The van der Waals surface area contributed by atoms with Gasteiger partial charge in [0.15, 0.2) is 0 Å². The SMILES string of the molecule is CC(C)(C)OC(=O)C[C@H]1CCCCC/C=C\[C@@H]2C[C@@]2(C(=O)O)NC(=O)[C@@H]2C[C@]3(CCc4c(c(-c5cccc(F)c5)nc5ccccc45)O3)CN2C1=O. The van der Waals surface area contributed by atoms with Crippen LogP contribution in [0.4, 0.5) is 4.39 Å². The van der Waals surface area contributed by atoms with E-state index in [4.69, 9.17) is 14.5 Å². The molecule has 1 saturated heterocycles. The van der Waals surface area contributed by atoms with Gasteiger partial charge in [0.2, 0.25) is 11.8 Å². The number of nitrogens with zero attached hydrogens (tertiary/aromatic N) is 2. The highest BCUT2D eigenvalue weighted by Gasteiger charge is 2.62. The molecule has 2 aromatic carbocycles. The number of carbonyl (C=O) groups excluding carboxylic acids is 3. The molecule has 1 aromatic heterocycles. The molecule has 3 aliphatic heterocycles. The molecule has 1 saturated carbocycles. The second kappa shape index (κ2) is 13.6. The summed E-state index contributed by atoms with van der Waals surface area (Å²) in [7, 11) is 0. The number of aromatic nitrogens is 1. The molecule has 7 rings (SSSR count). The van der Waals surface area contributed by atoms with Crippen molar-refractivity contribution in [1.82, 2.24) is 15.2 Å². The van der Waals surface area contributed by atoms with Crippen molar-refractivity contribution >= 4 is 34.7 Å². The second-order valence-corrected chi connectivity index (χ2v) is 15.9. The average Bonchev–Trinajstić information content (AvgIpc) is 3.67. The Hall–Kier alpha value is -4.80. The number of carboxylic acids is 1. The summed E-state index contributed by atoms with van der Waals surface area (Å²) < 4.78 is 27.2. The van der Waals surface area contributed by atoms with E-state index in [1.165, 1.54) is 17.0 Å². The van der Waals surface area contributed by atoms with Crippen LogP contribution in [0.5, 0.6) is 5.75 Å². The van der Waals surface area contributed by atoms with Crippen molar-refractivity contribution in [1.29, 1.82) is 0 Å². The fourth-order valence-corrected chi connectivity index (χ4v) is 8.23. The lowest BCUT2D eigenvalue weighted by Gasteiger charge is -2.37. The van der Waals surface area contributed by atoms with Gasteiger partial charge in [-0.1, -0.05) is 55.3 Å². The van der Waals surface area contributed by atoms with E-state index >= 15 is 0 Å². The van der Waals surface area contributed by atoms with Crippen LogP contribution in [0.15, 0.2) is 60.7 Å². The molecule has 4 heterocycles. The average molecular weight is 712 g/mol. The Kier molecular flexibility index (Phi) is 9.33. The van der Waals surface area contributed by atoms with Gasteiger partial charge in [-0.15, -0.1) is 0 Å². The number of ether oxygens (including phenoxy) is 2. The van der Waals surface area contributed by atoms with Crippen molar-refractivity contribution in [3.05, 3.63) is 72.1 Å². The highest BCUT2D eigenvalue weighted by Crippen LogP contribution is 2.49. The number of allylic oxidation sites excluding steroid dienone is 1. The molecule has 0 bridgehead atoms. The minimum absolute atomic E-state index is 0.0486. The first-order chi connectivity index (χ1) is 24.8. The topological polar surface area (TPSA) is 135 Å². The van der Waals surface area contributed by atoms with Gasteiger partial charge in [0.25, 0.3) is 0 Å². The Balaban J connectivity index is 1.28. The number of esters is 1. The van der Waals surface area contributed by atoms with E-state index in [2.05, 4.69) is 5.32 Å². The maximum absolute atomic E-state index is 14.7.